The van der Waals surface area contributed by atoms with Gasteiger partial charge in [-0.1, -0.05) is 25.1 Å². The number of hydrogen-bond donors (Lipinski definition) is 1. The first kappa shape index (κ1) is 13.9. The van der Waals surface area contributed by atoms with Gasteiger partial charge in [0.1, 0.15) is 12.4 Å². The summed E-state index contributed by atoms with van der Waals surface area (Å²) < 4.78 is 5.73. The molecule has 1 unspecified atom stereocenters. The molecule has 1 aromatic rings. The average Bonchev–Trinajstić information content (AvgIpc) is 2.33. The minimum atomic E-state index is -0.694. The topological polar surface area (TPSA) is 49.8 Å². The molecule has 0 radical (unpaired) electrons. The van der Waals surface area contributed by atoms with Gasteiger partial charge in [0.25, 0.3) is 0 Å². The van der Waals surface area contributed by atoms with Crippen molar-refractivity contribution in [2.75, 3.05) is 26.2 Å². The SMILES string of the molecule is Cc1ccccc1OCCN1CC(C(C)C(=O)O)C1. The Morgan fingerprint density at radius 2 is 2.16 bits per heavy atom. The number of nitrogens with zero attached hydrogens (tertiary/aromatic N) is 1. The third-order valence-corrected chi connectivity index (χ3v) is 3.84. The van der Waals surface area contributed by atoms with Gasteiger partial charge in [0.2, 0.25) is 0 Å². The fraction of sp³-hybridized carbons (Fsp3) is 0.533. The van der Waals surface area contributed by atoms with Gasteiger partial charge in [-0.3, -0.25) is 9.69 Å². The molecule has 4 nitrogen and oxygen atoms in total. The number of aliphatic carboxylic acids is 1. The first-order chi connectivity index (χ1) is 9.08. The van der Waals surface area contributed by atoms with E-state index in [0.717, 1.165) is 30.9 Å². The summed E-state index contributed by atoms with van der Waals surface area (Å²) in [5, 5.41) is 8.92. The molecule has 1 atom stereocenters. The maximum absolute atomic E-state index is 10.8. The number of carbonyl (C=O) groups is 1. The molecule has 1 aliphatic heterocycles. The summed E-state index contributed by atoms with van der Waals surface area (Å²) >= 11 is 0. The van der Waals surface area contributed by atoms with E-state index in [1.54, 1.807) is 6.92 Å². The average molecular weight is 263 g/mol. The van der Waals surface area contributed by atoms with Crippen LogP contribution < -0.4 is 4.74 Å². The summed E-state index contributed by atoms with van der Waals surface area (Å²) in [6.45, 7) is 7.06. The van der Waals surface area contributed by atoms with E-state index >= 15 is 0 Å². The Morgan fingerprint density at radius 1 is 1.47 bits per heavy atom. The van der Waals surface area contributed by atoms with Gasteiger partial charge in [-0.2, -0.15) is 0 Å². The molecule has 0 spiro atoms. The van der Waals surface area contributed by atoms with Gasteiger partial charge < -0.3 is 9.84 Å². The fourth-order valence-corrected chi connectivity index (χ4v) is 2.31. The number of benzene rings is 1. The highest BCUT2D eigenvalue weighted by Crippen LogP contribution is 2.23. The molecule has 4 heteroatoms. The summed E-state index contributed by atoms with van der Waals surface area (Å²) in [4.78, 5) is 13.1. The first-order valence-electron chi connectivity index (χ1n) is 6.71. The lowest BCUT2D eigenvalue weighted by atomic mass is 9.87. The number of rotatable bonds is 6. The van der Waals surface area contributed by atoms with E-state index < -0.39 is 5.97 Å². The van der Waals surface area contributed by atoms with E-state index in [1.807, 2.05) is 31.2 Å². The lowest BCUT2D eigenvalue weighted by molar-refractivity contribution is -0.145. The Bertz CT molecular complexity index is 441. The lowest BCUT2D eigenvalue weighted by Crippen LogP contribution is -2.52. The molecule has 19 heavy (non-hydrogen) atoms. The molecule has 104 valence electrons. The van der Waals surface area contributed by atoms with E-state index in [1.165, 1.54) is 0 Å². The highest BCUT2D eigenvalue weighted by Gasteiger charge is 2.34. The largest absolute Gasteiger partial charge is 0.492 e. The number of para-hydroxylation sites is 1. The smallest absolute Gasteiger partial charge is 0.306 e. The third-order valence-electron chi connectivity index (χ3n) is 3.84. The van der Waals surface area contributed by atoms with Crippen molar-refractivity contribution in [3.8, 4) is 5.75 Å². The summed E-state index contributed by atoms with van der Waals surface area (Å²) in [6, 6.07) is 7.97. The molecule has 0 aromatic heterocycles. The number of hydrogen-bond acceptors (Lipinski definition) is 3. The number of carboxylic acid groups (broad SMARTS) is 1. The van der Waals surface area contributed by atoms with E-state index in [2.05, 4.69) is 4.90 Å². The van der Waals surface area contributed by atoms with Gasteiger partial charge in [0.15, 0.2) is 0 Å². The monoisotopic (exact) mass is 263 g/mol. The second-order valence-electron chi connectivity index (χ2n) is 5.26. The summed E-state index contributed by atoms with van der Waals surface area (Å²) in [7, 11) is 0. The van der Waals surface area contributed by atoms with Crippen LogP contribution in [0.3, 0.4) is 0 Å². The van der Waals surface area contributed by atoms with Crippen molar-refractivity contribution in [2.24, 2.45) is 11.8 Å². The third kappa shape index (κ3) is 3.47. The zero-order valence-electron chi connectivity index (χ0n) is 11.5. The van der Waals surface area contributed by atoms with Crippen molar-refractivity contribution in [2.45, 2.75) is 13.8 Å². The molecule has 1 N–H and O–H groups in total. The van der Waals surface area contributed by atoms with Crippen molar-refractivity contribution in [3.05, 3.63) is 29.8 Å². The van der Waals surface area contributed by atoms with E-state index in [9.17, 15) is 4.79 Å². The summed E-state index contributed by atoms with van der Waals surface area (Å²) in [6.07, 6.45) is 0. The minimum absolute atomic E-state index is 0.242. The van der Waals surface area contributed by atoms with Crippen LogP contribution in [0.5, 0.6) is 5.75 Å². The van der Waals surface area contributed by atoms with Crippen molar-refractivity contribution < 1.29 is 14.6 Å². The maximum atomic E-state index is 10.8. The summed E-state index contributed by atoms with van der Waals surface area (Å²) in [5.74, 6) is 0.281. The van der Waals surface area contributed by atoms with Crippen LogP contribution in [0.4, 0.5) is 0 Å². The van der Waals surface area contributed by atoms with Crippen LogP contribution in [0.25, 0.3) is 0 Å². The minimum Gasteiger partial charge on any atom is -0.492 e. The standard InChI is InChI=1S/C15H21NO3/c1-11-5-3-4-6-14(11)19-8-7-16-9-13(10-16)12(2)15(17)18/h3-6,12-13H,7-10H2,1-2H3,(H,17,18). The van der Waals surface area contributed by atoms with Crippen LogP contribution >= 0.6 is 0 Å². The fourth-order valence-electron chi connectivity index (χ4n) is 2.31. The predicted molar refractivity (Wildman–Crippen MR) is 73.4 cm³/mol. The number of aryl methyl sites for hydroxylation is 1. The van der Waals surface area contributed by atoms with Crippen molar-refractivity contribution >= 4 is 5.97 Å². The van der Waals surface area contributed by atoms with Crippen LogP contribution in [0.1, 0.15) is 12.5 Å². The quantitative estimate of drug-likeness (QED) is 0.853. The van der Waals surface area contributed by atoms with Crippen LogP contribution in [0, 0.1) is 18.8 Å². The molecule has 1 saturated heterocycles. The highest BCUT2D eigenvalue weighted by molar-refractivity contribution is 5.70. The Morgan fingerprint density at radius 3 is 2.79 bits per heavy atom. The predicted octanol–water partition coefficient (Wildman–Crippen LogP) is 2.03. The van der Waals surface area contributed by atoms with Gasteiger partial charge >= 0.3 is 5.97 Å². The van der Waals surface area contributed by atoms with Crippen molar-refractivity contribution in [1.82, 2.24) is 4.90 Å². The second-order valence-corrected chi connectivity index (χ2v) is 5.26. The molecule has 0 amide bonds. The number of ether oxygens (including phenoxy) is 1. The van der Waals surface area contributed by atoms with Gasteiger partial charge in [0, 0.05) is 19.6 Å². The Balaban J connectivity index is 1.67. The maximum Gasteiger partial charge on any atom is 0.306 e. The zero-order valence-corrected chi connectivity index (χ0v) is 11.5. The normalized spacial score (nSPS) is 17.8. The van der Waals surface area contributed by atoms with E-state index in [-0.39, 0.29) is 11.8 Å². The van der Waals surface area contributed by atoms with Gasteiger partial charge in [-0.25, -0.2) is 0 Å². The lowest BCUT2D eigenvalue weighted by Gasteiger charge is -2.41. The van der Waals surface area contributed by atoms with E-state index in [4.69, 9.17) is 9.84 Å². The second kappa shape index (κ2) is 6.06. The molecule has 2 rings (SSSR count). The molecule has 1 heterocycles. The molecule has 0 saturated carbocycles. The summed E-state index contributed by atoms with van der Waals surface area (Å²) in [5.41, 5.74) is 1.14. The molecule has 1 fully saturated rings. The highest BCUT2D eigenvalue weighted by atomic mass is 16.5. The Kier molecular flexibility index (Phi) is 4.43. The van der Waals surface area contributed by atoms with Crippen molar-refractivity contribution in [1.29, 1.82) is 0 Å². The molecular weight excluding hydrogens is 242 g/mol. The molecular formula is C15H21NO3. The van der Waals surface area contributed by atoms with Crippen LogP contribution in [0.15, 0.2) is 24.3 Å². The molecule has 0 bridgehead atoms. The Hall–Kier alpha value is -1.55. The van der Waals surface area contributed by atoms with Gasteiger partial charge in [0.05, 0.1) is 5.92 Å². The van der Waals surface area contributed by atoms with Crippen molar-refractivity contribution in [3.63, 3.8) is 0 Å². The first-order valence-corrected chi connectivity index (χ1v) is 6.71. The number of carboxylic acids is 1. The molecule has 1 aliphatic rings. The molecule has 1 aromatic carbocycles. The van der Waals surface area contributed by atoms with Crippen LogP contribution in [-0.2, 0) is 4.79 Å². The van der Waals surface area contributed by atoms with Crippen LogP contribution in [0.2, 0.25) is 0 Å². The van der Waals surface area contributed by atoms with Crippen LogP contribution in [-0.4, -0.2) is 42.2 Å². The zero-order chi connectivity index (χ0) is 13.8. The van der Waals surface area contributed by atoms with E-state index in [0.29, 0.717) is 6.61 Å². The van der Waals surface area contributed by atoms with Gasteiger partial charge in [-0.15, -0.1) is 0 Å². The van der Waals surface area contributed by atoms with Gasteiger partial charge in [-0.05, 0) is 24.5 Å². The molecule has 0 aliphatic carbocycles. The Labute approximate surface area is 114 Å². The number of likely N-dealkylation sites (tertiary alicyclic amines) is 1.